The fourth-order valence-electron chi connectivity index (χ4n) is 3.29. The molecule has 4 nitrogen and oxygen atoms in total. The number of aliphatic hydroxyl groups excluding tert-OH is 1. The van der Waals surface area contributed by atoms with Crippen LogP contribution in [0.1, 0.15) is 43.1 Å². The van der Waals surface area contributed by atoms with Crippen molar-refractivity contribution in [1.82, 2.24) is 4.57 Å². The van der Waals surface area contributed by atoms with Crippen LogP contribution in [0.5, 0.6) is 0 Å². The largest absolute Gasteiger partial charge is 0.509 e. The highest BCUT2D eigenvalue weighted by Gasteiger charge is 2.47. The lowest BCUT2D eigenvalue weighted by Gasteiger charge is -2.36. The molecule has 0 radical (unpaired) electrons. The van der Waals surface area contributed by atoms with E-state index in [0.29, 0.717) is 5.69 Å². The molecule has 0 saturated heterocycles. The first-order valence-corrected chi connectivity index (χ1v) is 6.25. The Kier molecular flexibility index (Phi) is 2.24. The third kappa shape index (κ3) is 1.20. The van der Waals surface area contributed by atoms with E-state index in [-0.39, 0.29) is 22.9 Å². The monoisotopic (exact) mass is 245 g/mol. The molecule has 0 bridgehead atoms. The Hall–Kier alpha value is -1.84. The summed E-state index contributed by atoms with van der Waals surface area (Å²) in [6, 6.07) is 3.52. The lowest BCUT2D eigenvalue weighted by atomic mass is 9.84. The Morgan fingerprint density at radius 3 is 2.67 bits per heavy atom. The number of Topliss-reactive ketones (excluding diaryl/α,β-unsaturated/α-hetero) is 2. The van der Waals surface area contributed by atoms with Crippen LogP contribution in [0.25, 0.3) is 0 Å². The number of allylic oxidation sites excluding steroid dienone is 2. The number of carbonyl (C=O) groups excluding carboxylic acids is 2. The van der Waals surface area contributed by atoms with Crippen LogP contribution in [0.3, 0.4) is 0 Å². The molecule has 1 fully saturated rings. The average Bonchev–Trinajstić information content (AvgIpc) is 2.97. The number of hydrogen-bond acceptors (Lipinski definition) is 3. The van der Waals surface area contributed by atoms with Crippen molar-refractivity contribution in [3.8, 4) is 0 Å². The molecule has 0 atom stereocenters. The van der Waals surface area contributed by atoms with E-state index in [0.717, 1.165) is 25.7 Å². The number of hydrogen-bond donors (Lipinski definition) is 1. The molecule has 1 aliphatic heterocycles. The van der Waals surface area contributed by atoms with E-state index in [4.69, 9.17) is 0 Å². The predicted octanol–water partition coefficient (Wildman–Crippen LogP) is 2.35. The molecule has 0 amide bonds. The lowest BCUT2D eigenvalue weighted by Crippen LogP contribution is -2.41. The molecule has 1 aromatic rings. The zero-order chi connectivity index (χ0) is 12.9. The van der Waals surface area contributed by atoms with Gasteiger partial charge in [0.15, 0.2) is 5.78 Å². The Morgan fingerprint density at radius 1 is 1.39 bits per heavy atom. The summed E-state index contributed by atoms with van der Waals surface area (Å²) in [5.74, 6) is -0.736. The summed E-state index contributed by atoms with van der Waals surface area (Å²) in [5, 5.41) is 10.4. The fourth-order valence-corrected chi connectivity index (χ4v) is 3.29. The van der Waals surface area contributed by atoms with Crippen molar-refractivity contribution in [3.05, 3.63) is 35.4 Å². The summed E-state index contributed by atoms with van der Waals surface area (Å²) in [6.45, 7) is 1.34. The van der Waals surface area contributed by atoms with Crippen LogP contribution in [0.15, 0.2) is 29.7 Å². The Morgan fingerprint density at radius 2 is 2.06 bits per heavy atom. The average molecular weight is 245 g/mol. The summed E-state index contributed by atoms with van der Waals surface area (Å²) >= 11 is 0. The minimum atomic E-state index is -0.562. The number of fused-ring (bicyclic) bond motifs is 2. The summed E-state index contributed by atoms with van der Waals surface area (Å²) < 4.78 is 1.85. The van der Waals surface area contributed by atoms with Crippen LogP contribution in [0.4, 0.5) is 0 Å². The normalized spacial score (nSPS) is 21.5. The Balaban J connectivity index is 2.30. The highest BCUT2D eigenvalue weighted by Crippen LogP contribution is 2.46. The molecule has 94 valence electrons. The lowest BCUT2D eigenvalue weighted by molar-refractivity contribution is -0.113. The first-order valence-electron chi connectivity index (χ1n) is 6.25. The first kappa shape index (κ1) is 11.3. The maximum Gasteiger partial charge on any atom is 0.216 e. The molecule has 18 heavy (non-hydrogen) atoms. The molecular weight excluding hydrogens is 230 g/mol. The van der Waals surface area contributed by atoms with Gasteiger partial charge in [0.1, 0.15) is 16.9 Å². The van der Waals surface area contributed by atoms with E-state index in [2.05, 4.69) is 0 Å². The number of rotatable bonds is 1. The van der Waals surface area contributed by atoms with Crippen molar-refractivity contribution < 1.29 is 14.7 Å². The van der Waals surface area contributed by atoms with Gasteiger partial charge in [0.25, 0.3) is 0 Å². The minimum Gasteiger partial charge on any atom is -0.509 e. The third-order valence-corrected chi connectivity index (χ3v) is 4.13. The smallest absolute Gasteiger partial charge is 0.216 e. The van der Waals surface area contributed by atoms with E-state index in [1.165, 1.54) is 6.92 Å². The van der Waals surface area contributed by atoms with Gasteiger partial charge in [0.05, 0.1) is 5.69 Å². The highest BCUT2D eigenvalue weighted by atomic mass is 16.3. The Labute approximate surface area is 105 Å². The standard InChI is InChI=1S/C14H15NO3/c1-9(16)11-12(17)10-5-4-8-15(10)14(13(11)18)6-2-3-7-14/h4-5,8,18H,2-3,6-7H2,1H3. The maximum atomic E-state index is 12.2. The number of aromatic nitrogens is 1. The van der Waals surface area contributed by atoms with Crippen molar-refractivity contribution in [2.45, 2.75) is 38.1 Å². The zero-order valence-electron chi connectivity index (χ0n) is 10.3. The quantitative estimate of drug-likeness (QED) is 0.772. The molecule has 0 unspecified atom stereocenters. The van der Waals surface area contributed by atoms with Gasteiger partial charge in [-0.25, -0.2) is 0 Å². The van der Waals surface area contributed by atoms with Gasteiger partial charge in [0.2, 0.25) is 5.78 Å². The molecule has 1 aromatic heterocycles. The molecule has 1 spiro atoms. The molecule has 1 aliphatic carbocycles. The molecule has 4 heteroatoms. The number of nitrogens with zero attached hydrogens (tertiary/aromatic N) is 1. The SMILES string of the molecule is CC(=O)C1=C(O)C2(CCCC2)n2cccc2C1=O. The van der Waals surface area contributed by atoms with Crippen molar-refractivity contribution in [2.75, 3.05) is 0 Å². The van der Waals surface area contributed by atoms with Crippen LogP contribution in [0.2, 0.25) is 0 Å². The molecule has 3 rings (SSSR count). The second kappa shape index (κ2) is 3.57. The predicted molar refractivity (Wildman–Crippen MR) is 65.5 cm³/mol. The van der Waals surface area contributed by atoms with Gasteiger partial charge in [-0.1, -0.05) is 12.8 Å². The number of aliphatic hydroxyl groups is 1. The third-order valence-electron chi connectivity index (χ3n) is 4.13. The van der Waals surface area contributed by atoms with Crippen LogP contribution in [0, 0.1) is 0 Å². The summed E-state index contributed by atoms with van der Waals surface area (Å²) in [7, 11) is 0. The van der Waals surface area contributed by atoms with E-state index in [9.17, 15) is 14.7 Å². The topological polar surface area (TPSA) is 59.3 Å². The van der Waals surface area contributed by atoms with Crippen LogP contribution >= 0.6 is 0 Å². The molecular formula is C14H15NO3. The molecule has 0 aromatic carbocycles. The van der Waals surface area contributed by atoms with Gasteiger partial charge in [0, 0.05) is 6.20 Å². The van der Waals surface area contributed by atoms with E-state index in [1.54, 1.807) is 12.1 Å². The van der Waals surface area contributed by atoms with Crippen molar-refractivity contribution in [3.63, 3.8) is 0 Å². The molecule has 2 heterocycles. The van der Waals surface area contributed by atoms with Crippen molar-refractivity contribution >= 4 is 11.6 Å². The first-order chi connectivity index (χ1) is 8.58. The fraction of sp³-hybridized carbons (Fsp3) is 0.429. The van der Waals surface area contributed by atoms with E-state index >= 15 is 0 Å². The van der Waals surface area contributed by atoms with Gasteiger partial charge in [-0.05, 0) is 31.9 Å². The van der Waals surface area contributed by atoms with Gasteiger partial charge in [-0.3, -0.25) is 9.59 Å². The molecule has 1 saturated carbocycles. The summed E-state index contributed by atoms with van der Waals surface area (Å²) in [6.07, 6.45) is 5.39. The minimum absolute atomic E-state index is 0.0249. The Bertz CT molecular complexity index is 574. The second-order valence-corrected chi connectivity index (χ2v) is 5.11. The molecule has 2 aliphatic rings. The van der Waals surface area contributed by atoms with Gasteiger partial charge < -0.3 is 9.67 Å². The van der Waals surface area contributed by atoms with Crippen molar-refractivity contribution in [2.24, 2.45) is 0 Å². The molecule has 1 N–H and O–H groups in total. The summed E-state index contributed by atoms with van der Waals surface area (Å²) in [5.41, 5.74) is -0.0729. The summed E-state index contributed by atoms with van der Waals surface area (Å²) in [4.78, 5) is 23.9. The van der Waals surface area contributed by atoms with Gasteiger partial charge in [-0.2, -0.15) is 0 Å². The van der Waals surface area contributed by atoms with Crippen LogP contribution in [-0.4, -0.2) is 21.2 Å². The van der Waals surface area contributed by atoms with Gasteiger partial charge in [-0.15, -0.1) is 0 Å². The second-order valence-electron chi connectivity index (χ2n) is 5.11. The number of ketones is 2. The number of carbonyl (C=O) groups is 2. The van der Waals surface area contributed by atoms with E-state index < -0.39 is 5.54 Å². The van der Waals surface area contributed by atoms with Gasteiger partial charge >= 0.3 is 0 Å². The van der Waals surface area contributed by atoms with Crippen LogP contribution < -0.4 is 0 Å². The van der Waals surface area contributed by atoms with Crippen molar-refractivity contribution in [1.29, 1.82) is 0 Å². The zero-order valence-corrected chi connectivity index (χ0v) is 10.3. The van der Waals surface area contributed by atoms with E-state index in [1.807, 2.05) is 10.8 Å². The maximum absolute atomic E-state index is 12.2. The highest BCUT2D eigenvalue weighted by molar-refractivity contribution is 6.26. The van der Waals surface area contributed by atoms with Crippen LogP contribution in [-0.2, 0) is 10.3 Å².